The molecule has 106 valence electrons. The van der Waals surface area contributed by atoms with Crippen LogP contribution in [0.2, 0.25) is 0 Å². The lowest BCUT2D eigenvalue weighted by Gasteiger charge is -2.35. The first-order chi connectivity index (χ1) is 9.10. The highest BCUT2D eigenvalue weighted by Gasteiger charge is 2.24. The van der Waals surface area contributed by atoms with Crippen LogP contribution in [0.4, 0.5) is 5.69 Å². The average Bonchev–Trinajstić information content (AvgIpc) is 2.38. The fourth-order valence-electron chi connectivity index (χ4n) is 3.43. The molecule has 1 N–H and O–H groups in total. The predicted molar refractivity (Wildman–Crippen MR) is 84.0 cm³/mol. The number of benzene rings is 1. The maximum atomic E-state index is 3.51. The summed E-state index contributed by atoms with van der Waals surface area (Å²) in [7, 11) is 4.34. The zero-order valence-corrected chi connectivity index (χ0v) is 12.9. The Hall–Kier alpha value is -1.02. The van der Waals surface area contributed by atoms with Crippen LogP contribution in [-0.4, -0.2) is 26.7 Å². The van der Waals surface area contributed by atoms with Crippen molar-refractivity contribution in [2.24, 2.45) is 5.92 Å². The van der Waals surface area contributed by atoms with Crippen molar-refractivity contribution in [1.82, 2.24) is 5.32 Å². The van der Waals surface area contributed by atoms with E-state index in [1.807, 2.05) is 0 Å². The second-order valence-electron chi connectivity index (χ2n) is 6.17. The van der Waals surface area contributed by atoms with E-state index in [1.165, 1.54) is 42.5 Å². The second kappa shape index (κ2) is 6.42. The van der Waals surface area contributed by atoms with E-state index in [9.17, 15) is 0 Å². The Morgan fingerprint density at radius 3 is 2.37 bits per heavy atom. The molecule has 1 aromatic rings. The lowest BCUT2D eigenvalue weighted by atomic mass is 9.84. The highest BCUT2D eigenvalue weighted by atomic mass is 15.1. The van der Waals surface area contributed by atoms with E-state index in [1.54, 1.807) is 0 Å². The van der Waals surface area contributed by atoms with Gasteiger partial charge in [-0.2, -0.15) is 0 Å². The van der Waals surface area contributed by atoms with Gasteiger partial charge in [0.25, 0.3) is 0 Å². The van der Waals surface area contributed by atoms with Crippen LogP contribution < -0.4 is 10.2 Å². The summed E-state index contributed by atoms with van der Waals surface area (Å²) in [5.74, 6) is 0.782. The van der Waals surface area contributed by atoms with E-state index < -0.39 is 0 Å². The van der Waals surface area contributed by atoms with Gasteiger partial charge in [0.1, 0.15) is 0 Å². The molecule has 1 aliphatic rings. The summed E-state index contributed by atoms with van der Waals surface area (Å²) in [6.45, 7) is 5.52. The van der Waals surface area contributed by atoms with Gasteiger partial charge in [-0.05, 0) is 62.9 Å². The normalized spacial score (nSPS) is 23.4. The van der Waals surface area contributed by atoms with Gasteiger partial charge in [0.15, 0.2) is 0 Å². The molecule has 2 rings (SSSR count). The fourth-order valence-corrected chi connectivity index (χ4v) is 3.43. The largest absolute Gasteiger partial charge is 0.374 e. The predicted octanol–water partition coefficient (Wildman–Crippen LogP) is 3.52. The summed E-state index contributed by atoms with van der Waals surface area (Å²) < 4.78 is 0. The molecule has 0 radical (unpaired) electrons. The minimum absolute atomic E-state index is 0.696. The van der Waals surface area contributed by atoms with Gasteiger partial charge in [-0.1, -0.05) is 18.9 Å². The Balaban J connectivity index is 2.04. The Bertz CT molecular complexity index is 393. The third-order valence-electron chi connectivity index (χ3n) is 4.44. The fraction of sp³-hybridized carbons (Fsp3) is 0.647. The molecule has 1 aromatic carbocycles. The summed E-state index contributed by atoms with van der Waals surface area (Å²) in [4.78, 5) is 2.43. The van der Waals surface area contributed by atoms with E-state index in [2.05, 4.69) is 56.4 Å². The quantitative estimate of drug-likeness (QED) is 0.891. The SMILES string of the molecule is CNC1CCCCC1CN(C)c1cc(C)cc(C)c1. The molecule has 0 bridgehead atoms. The first kappa shape index (κ1) is 14.4. The number of nitrogens with one attached hydrogen (secondary N) is 1. The van der Waals surface area contributed by atoms with Gasteiger partial charge >= 0.3 is 0 Å². The number of anilines is 1. The van der Waals surface area contributed by atoms with Gasteiger partial charge in [-0.15, -0.1) is 0 Å². The number of aryl methyl sites for hydroxylation is 2. The molecule has 0 aromatic heterocycles. The lowest BCUT2D eigenvalue weighted by Crippen LogP contribution is -2.42. The van der Waals surface area contributed by atoms with Gasteiger partial charge in [-0.3, -0.25) is 0 Å². The highest BCUT2D eigenvalue weighted by molar-refractivity contribution is 5.50. The van der Waals surface area contributed by atoms with Crippen LogP contribution in [0.25, 0.3) is 0 Å². The van der Waals surface area contributed by atoms with Gasteiger partial charge < -0.3 is 10.2 Å². The first-order valence-electron chi connectivity index (χ1n) is 7.57. The zero-order chi connectivity index (χ0) is 13.8. The molecule has 0 spiro atoms. The topological polar surface area (TPSA) is 15.3 Å². The smallest absolute Gasteiger partial charge is 0.0369 e. The minimum atomic E-state index is 0.696. The van der Waals surface area contributed by atoms with Crippen LogP contribution in [0.3, 0.4) is 0 Å². The van der Waals surface area contributed by atoms with Crippen LogP contribution in [0.5, 0.6) is 0 Å². The monoisotopic (exact) mass is 260 g/mol. The van der Waals surface area contributed by atoms with Crippen molar-refractivity contribution in [2.45, 2.75) is 45.6 Å². The molecule has 2 nitrogen and oxygen atoms in total. The van der Waals surface area contributed by atoms with Gasteiger partial charge in [0.2, 0.25) is 0 Å². The second-order valence-corrected chi connectivity index (χ2v) is 6.17. The Morgan fingerprint density at radius 1 is 1.11 bits per heavy atom. The number of hydrogen-bond donors (Lipinski definition) is 1. The number of hydrogen-bond acceptors (Lipinski definition) is 2. The standard InChI is InChI=1S/C17H28N2/c1-13-9-14(2)11-16(10-13)19(4)12-15-7-5-6-8-17(15)18-3/h9-11,15,17-18H,5-8,12H2,1-4H3. The molecule has 1 fully saturated rings. The maximum absolute atomic E-state index is 3.51. The van der Waals surface area contributed by atoms with Gasteiger partial charge in [0, 0.05) is 25.3 Å². The van der Waals surface area contributed by atoms with E-state index in [0.717, 1.165) is 12.5 Å². The molecule has 1 saturated carbocycles. The average molecular weight is 260 g/mol. The first-order valence-corrected chi connectivity index (χ1v) is 7.57. The molecular formula is C17H28N2. The number of nitrogens with zero attached hydrogens (tertiary/aromatic N) is 1. The molecular weight excluding hydrogens is 232 g/mol. The summed E-state index contributed by atoms with van der Waals surface area (Å²) in [5.41, 5.74) is 4.07. The molecule has 0 amide bonds. The minimum Gasteiger partial charge on any atom is -0.374 e. The van der Waals surface area contributed by atoms with Crippen LogP contribution in [0.15, 0.2) is 18.2 Å². The van der Waals surface area contributed by atoms with Crippen molar-refractivity contribution in [1.29, 1.82) is 0 Å². The number of rotatable bonds is 4. The Labute approximate surface area is 118 Å². The van der Waals surface area contributed by atoms with E-state index in [-0.39, 0.29) is 0 Å². The molecule has 2 unspecified atom stereocenters. The highest BCUT2D eigenvalue weighted by Crippen LogP contribution is 2.27. The van der Waals surface area contributed by atoms with Crippen molar-refractivity contribution in [3.63, 3.8) is 0 Å². The summed E-state index contributed by atoms with van der Waals surface area (Å²) in [5, 5.41) is 3.51. The van der Waals surface area contributed by atoms with Crippen LogP contribution in [0.1, 0.15) is 36.8 Å². The van der Waals surface area contributed by atoms with E-state index >= 15 is 0 Å². The van der Waals surface area contributed by atoms with Crippen LogP contribution >= 0.6 is 0 Å². The summed E-state index contributed by atoms with van der Waals surface area (Å²) in [6.07, 6.45) is 5.47. The van der Waals surface area contributed by atoms with Gasteiger partial charge in [0.05, 0.1) is 0 Å². The Kier molecular flexibility index (Phi) is 4.87. The van der Waals surface area contributed by atoms with Crippen molar-refractivity contribution in [3.05, 3.63) is 29.3 Å². The summed E-state index contributed by atoms with van der Waals surface area (Å²) in [6, 6.07) is 7.53. The molecule has 0 aliphatic heterocycles. The lowest BCUT2D eigenvalue weighted by molar-refractivity contribution is 0.278. The van der Waals surface area contributed by atoms with Crippen LogP contribution in [0, 0.1) is 19.8 Å². The molecule has 0 saturated heterocycles. The third kappa shape index (κ3) is 3.73. The van der Waals surface area contributed by atoms with Crippen molar-refractivity contribution in [2.75, 3.05) is 25.5 Å². The Morgan fingerprint density at radius 2 is 1.74 bits per heavy atom. The third-order valence-corrected chi connectivity index (χ3v) is 4.44. The molecule has 0 heterocycles. The van der Waals surface area contributed by atoms with E-state index in [4.69, 9.17) is 0 Å². The van der Waals surface area contributed by atoms with Crippen LogP contribution in [-0.2, 0) is 0 Å². The maximum Gasteiger partial charge on any atom is 0.0369 e. The van der Waals surface area contributed by atoms with Crippen molar-refractivity contribution in [3.8, 4) is 0 Å². The molecule has 1 aliphatic carbocycles. The van der Waals surface area contributed by atoms with E-state index in [0.29, 0.717) is 6.04 Å². The summed E-state index contributed by atoms with van der Waals surface area (Å²) >= 11 is 0. The molecule has 19 heavy (non-hydrogen) atoms. The molecule has 2 atom stereocenters. The van der Waals surface area contributed by atoms with Crippen molar-refractivity contribution < 1.29 is 0 Å². The zero-order valence-electron chi connectivity index (χ0n) is 12.9. The van der Waals surface area contributed by atoms with Gasteiger partial charge in [-0.25, -0.2) is 0 Å². The van der Waals surface area contributed by atoms with Crippen molar-refractivity contribution >= 4 is 5.69 Å². The molecule has 2 heteroatoms.